The summed E-state index contributed by atoms with van der Waals surface area (Å²) in [7, 11) is 1.50. The van der Waals surface area contributed by atoms with Gasteiger partial charge in [-0.25, -0.2) is 4.79 Å². The Morgan fingerprint density at radius 1 is 1.11 bits per heavy atom. The smallest absolute Gasteiger partial charge is 0.321 e. The van der Waals surface area contributed by atoms with Crippen LogP contribution in [0.4, 0.5) is 4.79 Å². The fourth-order valence-corrected chi connectivity index (χ4v) is 2.29. The van der Waals surface area contributed by atoms with Crippen LogP contribution in [0, 0.1) is 5.92 Å². The second-order valence-corrected chi connectivity index (χ2v) is 5.47. The van der Waals surface area contributed by atoms with Gasteiger partial charge in [-0.2, -0.15) is 0 Å². The molecule has 1 unspecified atom stereocenters. The van der Waals surface area contributed by atoms with Gasteiger partial charge in [-0.3, -0.25) is 15.0 Å². The molecule has 3 amide bonds. The molecule has 0 aromatic carbocycles. The summed E-state index contributed by atoms with van der Waals surface area (Å²) >= 11 is 0. The largest absolute Gasteiger partial charge is 0.341 e. The van der Waals surface area contributed by atoms with E-state index in [1.807, 2.05) is 6.92 Å². The number of amides is 3. The number of imide groups is 1. The zero-order valence-electron chi connectivity index (χ0n) is 12.4. The van der Waals surface area contributed by atoms with E-state index in [4.69, 9.17) is 0 Å². The van der Waals surface area contributed by atoms with E-state index in [0.29, 0.717) is 5.92 Å². The predicted octanol–water partition coefficient (Wildman–Crippen LogP) is 0.104. The molecule has 1 atom stereocenters. The first kappa shape index (κ1) is 15.9. The standard InChI is InChI=1S/C13H26N4O2/c1-10(2)9-16-5-7-17(8-6-16)11(3)12(18)15-13(19)14-4/h10-11H,5-9H2,1-4H3,(H2,14,15,18,19). The van der Waals surface area contributed by atoms with Crippen LogP contribution in [0.25, 0.3) is 0 Å². The summed E-state index contributed by atoms with van der Waals surface area (Å²) in [5.74, 6) is 0.428. The second-order valence-electron chi connectivity index (χ2n) is 5.47. The van der Waals surface area contributed by atoms with Crippen LogP contribution in [0.15, 0.2) is 0 Å². The van der Waals surface area contributed by atoms with Crippen molar-refractivity contribution >= 4 is 11.9 Å². The summed E-state index contributed by atoms with van der Waals surface area (Å²) in [5, 5.41) is 4.71. The molecule has 0 bridgehead atoms. The summed E-state index contributed by atoms with van der Waals surface area (Å²) in [4.78, 5) is 27.5. The van der Waals surface area contributed by atoms with Crippen LogP contribution >= 0.6 is 0 Å². The first-order valence-corrected chi connectivity index (χ1v) is 6.93. The Morgan fingerprint density at radius 3 is 2.16 bits per heavy atom. The zero-order chi connectivity index (χ0) is 14.4. The van der Waals surface area contributed by atoms with Gasteiger partial charge in [-0.15, -0.1) is 0 Å². The third-order valence-corrected chi connectivity index (χ3v) is 3.42. The van der Waals surface area contributed by atoms with E-state index in [1.165, 1.54) is 7.05 Å². The van der Waals surface area contributed by atoms with Crippen LogP contribution in [0.3, 0.4) is 0 Å². The second kappa shape index (κ2) is 7.45. The molecule has 6 nitrogen and oxygen atoms in total. The highest BCUT2D eigenvalue weighted by atomic mass is 16.2. The van der Waals surface area contributed by atoms with E-state index in [9.17, 15) is 9.59 Å². The monoisotopic (exact) mass is 270 g/mol. The third kappa shape index (κ3) is 5.16. The summed E-state index contributed by atoms with van der Waals surface area (Å²) in [6.45, 7) is 11.1. The molecular weight excluding hydrogens is 244 g/mol. The molecule has 19 heavy (non-hydrogen) atoms. The van der Waals surface area contributed by atoms with E-state index >= 15 is 0 Å². The number of urea groups is 1. The van der Waals surface area contributed by atoms with Gasteiger partial charge in [0, 0.05) is 39.8 Å². The van der Waals surface area contributed by atoms with E-state index < -0.39 is 6.03 Å². The molecule has 110 valence electrons. The maximum Gasteiger partial charge on any atom is 0.321 e. The molecule has 1 heterocycles. The van der Waals surface area contributed by atoms with Gasteiger partial charge in [0.25, 0.3) is 0 Å². The minimum atomic E-state index is -0.449. The summed E-state index contributed by atoms with van der Waals surface area (Å²) in [6, 6.07) is -0.714. The Hall–Kier alpha value is -1.14. The number of rotatable bonds is 4. The van der Waals surface area contributed by atoms with Crippen molar-refractivity contribution in [3.63, 3.8) is 0 Å². The SMILES string of the molecule is CNC(=O)NC(=O)C(C)N1CCN(CC(C)C)CC1. The third-order valence-electron chi connectivity index (χ3n) is 3.42. The van der Waals surface area contributed by atoms with Crippen molar-refractivity contribution in [3.8, 4) is 0 Å². The van der Waals surface area contributed by atoms with Crippen LogP contribution in [-0.2, 0) is 4.79 Å². The predicted molar refractivity (Wildman–Crippen MR) is 74.9 cm³/mol. The molecule has 0 aromatic heterocycles. The molecule has 0 saturated carbocycles. The van der Waals surface area contributed by atoms with Crippen molar-refractivity contribution in [1.82, 2.24) is 20.4 Å². The highest BCUT2D eigenvalue weighted by Gasteiger charge is 2.26. The van der Waals surface area contributed by atoms with E-state index in [-0.39, 0.29) is 11.9 Å². The molecule has 1 fully saturated rings. The fourth-order valence-electron chi connectivity index (χ4n) is 2.29. The maximum atomic E-state index is 11.8. The lowest BCUT2D eigenvalue weighted by atomic mass is 10.1. The first-order valence-electron chi connectivity index (χ1n) is 6.93. The molecule has 0 spiro atoms. The average Bonchev–Trinajstić information content (AvgIpc) is 2.37. The molecule has 1 aliphatic heterocycles. The van der Waals surface area contributed by atoms with Crippen LogP contribution in [0.2, 0.25) is 0 Å². The van der Waals surface area contributed by atoms with E-state index in [0.717, 1.165) is 32.7 Å². The lowest BCUT2D eigenvalue weighted by Crippen LogP contribution is -2.55. The molecule has 0 aliphatic carbocycles. The van der Waals surface area contributed by atoms with Crippen LogP contribution in [0.1, 0.15) is 20.8 Å². The fraction of sp³-hybridized carbons (Fsp3) is 0.846. The van der Waals surface area contributed by atoms with Crippen molar-refractivity contribution in [3.05, 3.63) is 0 Å². The van der Waals surface area contributed by atoms with E-state index in [2.05, 4.69) is 34.3 Å². The van der Waals surface area contributed by atoms with Gasteiger partial charge in [-0.1, -0.05) is 13.8 Å². The molecule has 0 radical (unpaired) electrons. The number of nitrogens with zero attached hydrogens (tertiary/aromatic N) is 2. The van der Waals surface area contributed by atoms with Gasteiger partial charge >= 0.3 is 6.03 Å². The number of hydrogen-bond donors (Lipinski definition) is 2. The number of nitrogens with one attached hydrogen (secondary N) is 2. The zero-order valence-corrected chi connectivity index (χ0v) is 12.4. The number of piperazine rings is 1. The number of carbonyl (C=O) groups is 2. The Kier molecular flexibility index (Phi) is 6.24. The molecule has 1 rings (SSSR count). The molecule has 6 heteroatoms. The van der Waals surface area contributed by atoms with Gasteiger partial charge in [0.2, 0.25) is 5.91 Å². The van der Waals surface area contributed by atoms with Crippen LogP contribution < -0.4 is 10.6 Å². The highest BCUT2D eigenvalue weighted by Crippen LogP contribution is 2.08. The lowest BCUT2D eigenvalue weighted by molar-refractivity contribution is -0.125. The van der Waals surface area contributed by atoms with Gasteiger partial charge in [-0.05, 0) is 12.8 Å². The summed E-state index contributed by atoms with van der Waals surface area (Å²) in [6.07, 6.45) is 0. The molecule has 2 N–H and O–H groups in total. The van der Waals surface area contributed by atoms with Crippen LogP contribution in [0.5, 0.6) is 0 Å². The van der Waals surface area contributed by atoms with E-state index in [1.54, 1.807) is 0 Å². The van der Waals surface area contributed by atoms with Crippen molar-refractivity contribution in [2.75, 3.05) is 39.8 Å². The van der Waals surface area contributed by atoms with Crippen molar-refractivity contribution in [2.24, 2.45) is 5.92 Å². The summed E-state index contributed by atoms with van der Waals surface area (Å²) < 4.78 is 0. The van der Waals surface area contributed by atoms with Gasteiger partial charge in [0.05, 0.1) is 6.04 Å². The summed E-state index contributed by atoms with van der Waals surface area (Å²) in [5.41, 5.74) is 0. The average molecular weight is 270 g/mol. The number of hydrogen-bond acceptors (Lipinski definition) is 4. The Bertz CT molecular complexity index is 312. The minimum absolute atomic E-state index is 0.239. The normalized spacial score (nSPS) is 19.2. The quantitative estimate of drug-likeness (QED) is 0.761. The van der Waals surface area contributed by atoms with Gasteiger partial charge < -0.3 is 10.2 Å². The first-order chi connectivity index (χ1) is 8.93. The van der Waals surface area contributed by atoms with Crippen molar-refractivity contribution < 1.29 is 9.59 Å². The maximum absolute atomic E-state index is 11.8. The molecule has 1 aliphatic rings. The van der Waals surface area contributed by atoms with Gasteiger partial charge in [0.1, 0.15) is 0 Å². The van der Waals surface area contributed by atoms with Crippen molar-refractivity contribution in [2.45, 2.75) is 26.8 Å². The Balaban J connectivity index is 2.37. The lowest BCUT2D eigenvalue weighted by Gasteiger charge is -2.37. The van der Waals surface area contributed by atoms with Gasteiger partial charge in [0.15, 0.2) is 0 Å². The Labute approximate surface area is 115 Å². The van der Waals surface area contributed by atoms with Crippen LogP contribution in [-0.4, -0.2) is 67.6 Å². The molecular formula is C13H26N4O2. The minimum Gasteiger partial charge on any atom is -0.341 e. The topological polar surface area (TPSA) is 64.7 Å². The highest BCUT2D eigenvalue weighted by molar-refractivity contribution is 5.96. The molecule has 0 aromatic rings. The molecule has 1 saturated heterocycles. The number of carbonyl (C=O) groups excluding carboxylic acids is 2. The van der Waals surface area contributed by atoms with Crippen molar-refractivity contribution in [1.29, 1.82) is 0 Å². The Morgan fingerprint density at radius 2 is 1.68 bits per heavy atom.